The van der Waals surface area contributed by atoms with Gasteiger partial charge in [0.1, 0.15) is 11.2 Å². The Morgan fingerprint density at radius 2 is 1.04 bits per heavy atom. The van der Waals surface area contributed by atoms with E-state index >= 15 is 0 Å². The molecule has 12 aromatic carbocycles. The first-order valence-electron chi connectivity index (χ1n) is 26.1. The number of aliphatic imine (C=N–C) groups is 2. The average Bonchev–Trinajstić information content (AvgIpc) is 4.17. The molecule has 0 N–H and O–H groups in total. The van der Waals surface area contributed by atoms with E-state index in [1.165, 1.54) is 54.0 Å². The topological polar surface area (TPSA) is 47.7 Å². The van der Waals surface area contributed by atoms with Crippen LogP contribution in [0.4, 0.5) is 0 Å². The van der Waals surface area contributed by atoms with E-state index in [-0.39, 0.29) is 12.0 Å². The van der Waals surface area contributed by atoms with E-state index in [4.69, 9.17) is 14.4 Å². The summed E-state index contributed by atoms with van der Waals surface area (Å²) < 4.78 is 12.1. The molecular weight excluding hydrogens is 913 g/mol. The predicted octanol–water partition coefficient (Wildman–Crippen LogP) is 18.4. The van der Waals surface area contributed by atoms with Gasteiger partial charge in [0.05, 0.1) is 39.5 Å². The first-order valence-corrected chi connectivity index (χ1v) is 26.1. The normalized spacial score (nSPS) is 15.2. The van der Waals surface area contributed by atoms with Gasteiger partial charge in [0.25, 0.3) is 0 Å². The zero-order chi connectivity index (χ0) is 49.3. The van der Waals surface area contributed by atoms with E-state index in [2.05, 4.69) is 253 Å². The van der Waals surface area contributed by atoms with Crippen LogP contribution in [0.3, 0.4) is 0 Å². The number of benzene rings is 12. The maximum atomic E-state index is 7.14. The van der Waals surface area contributed by atoms with Gasteiger partial charge >= 0.3 is 0 Å². The van der Waals surface area contributed by atoms with Crippen molar-refractivity contribution in [1.29, 1.82) is 0 Å². The number of aromatic nitrogens is 2. The summed E-state index contributed by atoms with van der Waals surface area (Å²) in [7, 11) is 0. The summed E-state index contributed by atoms with van der Waals surface area (Å²) in [5.74, 6) is 0.594. The Morgan fingerprint density at radius 1 is 0.413 bits per heavy atom. The smallest absolute Gasteiger partial charge is 0.155 e. The van der Waals surface area contributed by atoms with Gasteiger partial charge in [0.2, 0.25) is 0 Å². The van der Waals surface area contributed by atoms with Crippen molar-refractivity contribution in [2.24, 2.45) is 15.9 Å². The van der Waals surface area contributed by atoms with Gasteiger partial charge < -0.3 is 13.6 Å². The third kappa shape index (κ3) is 6.25. The van der Waals surface area contributed by atoms with Crippen molar-refractivity contribution >= 4 is 120 Å². The summed E-state index contributed by atoms with van der Waals surface area (Å²) in [6.45, 7) is 2.31. The van der Waals surface area contributed by atoms with E-state index in [1.54, 1.807) is 0 Å². The van der Waals surface area contributed by atoms with Gasteiger partial charge in [-0.2, -0.15) is 0 Å². The van der Waals surface area contributed by atoms with E-state index in [9.17, 15) is 0 Å². The highest BCUT2D eigenvalue weighted by molar-refractivity contribution is 6.25. The molecule has 0 bridgehead atoms. The van der Waals surface area contributed by atoms with E-state index in [1.807, 2.05) is 0 Å². The number of hydrogen-bond acceptors (Lipinski definition) is 3. The molecule has 0 amide bonds. The van der Waals surface area contributed by atoms with Crippen molar-refractivity contribution in [2.45, 2.75) is 19.4 Å². The number of fused-ring (bicyclic) bond motifs is 15. The molecule has 1 aliphatic rings. The van der Waals surface area contributed by atoms with Crippen LogP contribution in [-0.2, 0) is 0 Å². The second kappa shape index (κ2) is 16.2. The van der Waals surface area contributed by atoms with Crippen molar-refractivity contribution < 1.29 is 4.42 Å². The molecule has 15 aromatic rings. The Labute approximate surface area is 431 Å². The number of para-hydroxylation sites is 2. The second-order valence-electron chi connectivity index (χ2n) is 20.3. The Bertz CT molecular complexity index is 4950. The van der Waals surface area contributed by atoms with E-state index in [0.29, 0.717) is 0 Å². The largest absolute Gasteiger partial charge is 0.455 e. The average molecular weight is 959 g/mol. The Morgan fingerprint density at radius 3 is 1.85 bits per heavy atom. The molecule has 75 heavy (non-hydrogen) atoms. The molecule has 352 valence electrons. The first-order chi connectivity index (χ1) is 37.1. The molecule has 1 unspecified atom stereocenters. The fourth-order valence-corrected chi connectivity index (χ4v) is 12.9. The molecule has 0 spiro atoms. The SMILES string of the molecule is CC[C@@H]1C(c2ccc3c(c2)c2ccccc2n3-c2ccccc2)=NC(c2ccc3ccccc3c2)=NC1c1c(-n2c3cc4ccccc4cc3c3c4ccccc4ccc32)ccc2oc3c4ccccc4ccc3c12. The molecule has 16 rings (SSSR count). The molecule has 0 fully saturated rings. The molecule has 5 heteroatoms. The lowest BCUT2D eigenvalue weighted by Gasteiger charge is -2.32. The minimum Gasteiger partial charge on any atom is -0.455 e. The zero-order valence-corrected chi connectivity index (χ0v) is 41.1. The van der Waals surface area contributed by atoms with Crippen molar-refractivity contribution in [3.63, 3.8) is 0 Å². The Hall–Kier alpha value is -9.58. The summed E-state index contributed by atoms with van der Waals surface area (Å²) in [6.07, 6.45) is 0.790. The standard InChI is InChI=1S/C70H46N4O/c1-2-51-67(48-32-34-59-56(40-48)54-26-14-15-27-58(54)73(59)50-22-4-3-5-23-50)71-70(49-29-28-42-16-6-7-19-45(42)38-49)72-68(51)66-61(36-37-63-65(66)55-33-30-44-18-11-13-25-53(44)69(55)75-63)74-60-35-31-43-17-10-12-24-52(43)64(60)57-39-46-20-8-9-21-47(46)41-62(57)74/h3-41,51,68H,2H2,1H3/t51-,68?/m1/s1. The molecule has 0 radical (unpaired) electrons. The fourth-order valence-electron chi connectivity index (χ4n) is 12.9. The number of hydrogen-bond donors (Lipinski definition) is 0. The maximum Gasteiger partial charge on any atom is 0.155 e. The number of nitrogens with zero attached hydrogens (tertiary/aromatic N) is 4. The molecule has 0 aliphatic carbocycles. The third-order valence-electron chi connectivity index (χ3n) is 16.3. The van der Waals surface area contributed by atoms with E-state index in [0.717, 1.165) is 101 Å². The van der Waals surface area contributed by atoms with Crippen molar-refractivity contribution in [3.05, 3.63) is 253 Å². The Balaban J connectivity index is 1.02. The highest BCUT2D eigenvalue weighted by Crippen LogP contribution is 2.49. The van der Waals surface area contributed by atoms with Crippen molar-refractivity contribution in [3.8, 4) is 11.4 Å². The Kier molecular flexibility index (Phi) is 9.07. The molecule has 1 aliphatic heterocycles. The predicted molar refractivity (Wildman–Crippen MR) is 315 cm³/mol. The molecule has 2 atom stereocenters. The van der Waals surface area contributed by atoms with Crippen LogP contribution < -0.4 is 0 Å². The summed E-state index contributed by atoms with van der Waals surface area (Å²) in [4.78, 5) is 11.8. The van der Waals surface area contributed by atoms with Crippen LogP contribution in [0.5, 0.6) is 0 Å². The van der Waals surface area contributed by atoms with Crippen LogP contribution in [0.25, 0.3) is 120 Å². The summed E-state index contributed by atoms with van der Waals surface area (Å²) >= 11 is 0. The van der Waals surface area contributed by atoms with Gasteiger partial charge in [-0.05, 0) is 122 Å². The summed E-state index contributed by atoms with van der Waals surface area (Å²) in [5, 5.41) is 16.4. The van der Waals surface area contributed by atoms with Crippen LogP contribution in [-0.4, -0.2) is 20.7 Å². The van der Waals surface area contributed by atoms with Crippen LogP contribution in [0, 0.1) is 5.92 Å². The molecule has 0 saturated carbocycles. The zero-order valence-electron chi connectivity index (χ0n) is 41.1. The monoisotopic (exact) mass is 958 g/mol. The molecule has 5 nitrogen and oxygen atoms in total. The number of furan rings is 1. The van der Waals surface area contributed by atoms with E-state index < -0.39 is 0 Å². The molecular formula is C70H46N4O. The van der Waals surface area contributed by atoms with Gasteiger partial charge in [-0.1, -0.05) is 171 Å². The first kappa shape index (κ1) is 42.0. The molecule has 4 heterocycles. The molecule has 0 saturated heterocycles. The lowest BCUT2D eigenvalue weighted by molar-refractivity contribution is 0.534. The van der Waals surface area contributed by atoms with Gasteiger partial charge in [-0.3, -0.25) is 4.99 Å². The molecule has 3 aromatic heterocycles. The number of amidine groups is 1. The lowest BCUT2D eigenvalue weighted by Crippen LogP contribution is -2.29. The minimum absolute atomic E-state index is 0.126. The summed E-state index contributed by atoms with van der Waals surface area (Å²) in [5.41, 5.74) is 12.8. The van der Waals surface area contributed by atoms with Crippen molar-refractivity contribution in [2.75, 3.05) is 0 Å². The van der Waals surface area contributed by atoms with Gasteiger partial charge in [0, 0.05) is 60.4 Å². The number of rotatable bonds is 6. The van der Waals surface area contributed by atoms with Crippen LogP contribution in [0.2, 0.25) is 0 Å². The van der Waals surface area contributed by atoms with Crippen LogP contribution >= 0.6 is 0 Å². The van der Waals surface area contributed by atoms with Gasteiger partial charge in [0.15, 0.2) is 5.84 Å². The van der Waals surface area contributed by atoms with Crippen LogP contribution in [0.15, 0.2) is 251 Å². The lowest BCUT2D eigenvalue weighted by atomic mass is 9.80. The fraction of sp³-hybridized carbons (Fsp3) is 0.0571. The second-order valence-corrected chi connectivity index (χ2v) is 20.3. The highest BCUT2D eigenvalue weighted by atomic mass is 16.3. The van der Waals surface area contributed by atoms with Crippen molar-refractivity contribution in [1.82, 2.24) is 9.13 Å². The minimum atomic E-state index is -0.385. The third-order valence-corrected chi connectivity index (χ3v) is 16.3. The van der Waals surface area contributed by atoms with Gasteiger partial charge in [-0.15, -0.1) is 0 Å². The maximum absolute atomic E-state index is 7.14. The van der Waals surface area contributed by atoms with Gasteiger partial charge in [-0.25, -0.2) is 4.99 Å². The highest BCUT2D eigenvalue weighted by Gasteiger charge is 2.37. The van der Waals surface area contributed by atoms with Crippen LogP contribution in [0.1, 0.15) is 36.1 Å². The summed E-state index contributed by atoms with van der Waals surface area (Å²) in [6, 6.07) is 85.9. The quantitative estimate of drug-likeness (QED) is 0.164.